The van der Waals surface area contributed by atoms with Crippen molar-refractivity contribution in [2.45, 2.75) is 19.0 Å². The third-order valence-electron chi connectivity index (χ3n) is 6.36. The number of sulfonamides is 1. The van der Waals surface area contributed by atoms with Gasteiger partial charge >= 0.3 is 0 Å². The van der Waals surface area contributed by atoms with Crippen molar-refractivity contribution in [2.24, 2.45) is 0 Å². The molecule has 38 heavy (non-hydrogen) atoms. The molecule has 0 spiro atoms. The standard InChI is InChI=1S/C27H26ClN5O3S2/c1-17-15-18(9-11-20(17)28)32-14-6-8-23(32)26-25(22-7-4-5-13-29-22)30-27(37)33(26)19-10-12-21(24(16-19)36-2)31-38(3,34)35/h4-16,25-26,31H,1-3H3,(H,30,37). The lowest BCUT2D eigenvalue weighted by atomic mass is 10.0. The second kappa shape index (κ2) is 10.3. The monoisotopic (exact) mass is 567 g/mol. The molecule has 5 rings (SSSR count). The summed E-state index contributed by atoms with van der Waals surface area (Å²) in [5.41, 5.74) is 4.84. The molecule has 1 fully saturated rings. The molecule has 2 unspecified atom stereocenters. The maximum atomic E-state index is 11.9. The number of hydrogen-bond donors (Lipinski definition) is 2. The first kappa shape index (κ1) is 26.0. The number of thiocarbonyl (C=S) groups is 1. The van der Waals surface area contributed by atoms with Crippen molar-refractivity contribution in [1.29, 1.82) is 0 Å². The summed E-state index contributed by atoms with van der Waals surface area (Å²) in [5, 5.41) is 4.67. The number of rotatable bonds is 7. The molecule has 1 aliphatic heterocycles. The van der Waals surface area contributed by atoms with Crippen LogP contribution in [-0.4, -0.2) is 36.4 Å². The first-order valence-electron chi connectivity index (χ1n) is 11.8. The van der Waals surface area contributed by atoms with Gasteiger partial charge in [-0.2, -0.15) is 0 Å². The van der Waals surface area contributed by atoms with Crippen LogP contribution in [0.15, 0.2) is 79.1 Å². The number of halogens is 1. The molecule has 0 bridgehead atoms. The minimum Gasteiger partial charge on any atom is -0.494 e. The number of aryl methyl sites for hydroxylation is 1. The van der Waals surface area contributed by atoms with Crippen molar-refractivity contribution < 1.29 is 13.2 Å². The highest BCUT2D eigenvalue weighted by molar-refractivity contribution is 7.92. The number of methoxy groups -OCH3 is 1. The molecular formula is C27H26ClN5O3S2. The summed E-state index contributed by atoms with van der Waals surface area (Å²) in [4.78, 5) is 6.63. The number of ether oxygens (including phenoxy) is 1. The molecule has 3 heterocycles. The molecule has 0 radical (unpaired) electrons. The molecule has 4 aromatic rings. The topological polar surface area (TPSA) is 88.5 Å². The van der Waals surface area contributed by atoms with Gasteiger partial charge in [-0.3, -0.25) is 9.71 Å². The van der Waals surface area contributed by atoms with E-state index in [2.05, 4.69) is 25.7 Å². The Balaban J connectivity index is 1.65. The van der Waals surface area contributed by atoms with Gasteiger partial charge in [0, 0.05) is 40.6 Å². The second-order valence-corrected chi connectivity index (χ2v) is 11.5. The van der Waals surface area contributed by atoms with Crippen molar-refractivity contribution in [3.63, 3.8) is 0 Å². The number of anilines is 2. The lowest BCUT2D eigenvalue weighted by Gasteiger charge is -2.29. The number of pyridine rings is 1. The first-order valence-corrected chi connectivity index (χ1v) is 14.4. The van der Waals surface area contributed by atoms with E-state index < -0.39 is 10.0 Å². The predicted octanol–water partition coefficient (Wildman–Crippen LogP) is 5.39. The maximum Gasteiger partial charge on any atom is 0.229 e. The molecule has 1 aliphatic rings. The highest BCUT2D eigenvalue weighted by Gasteiger charge is 2.42. The van der Waals surface area contributed by atoms with Gasteiger partial charge in [-0.25, -0.2) is 8.42 Å². The van der Waals surface area contributed by atoms with Crippen molar-refractivity contribution in [3.05, 3.63) is 101 Å². The summed E-state index contributed by atoms with van der Waals surface area (Å²) in [6.07, 6.45) is 4.86. The van der Waals surface area contributed by atoms with E-state index in [0.717, 1.165) is 34.6 Å². The van der Waals surface area contributed by atoms with Crippen LogP contribution >= 0.6 is 23.8 Å². The lowest BCUT2D eigenvalue weighted by molar-refractivity contribution is 0.417. The summed E-state index contributed by atoms with van der Waals surface area (Å²) < 4.78 is 33.9. The van der Waals surface area contributed by atoms with E-state index >= 15 is 0 Å². The minimum absolute atomic E-state index is 0.259. The average Bonchev–Trinajstić information content (AvgIpc) is 3.50. The Labute approximate surface area is 232 Å². The molecule has 8 nitrogen and oxygen atoms in total. The third-order valence-corrected chi connectivity index (χ3v) is 7.69. The largest absolute Gasteiger partial charge is 0.494 e. The van der Waals surface area contributed by atoms with Crippen molar-refractivity contribution >= 4 is 50.3 Å². The van der Waals surface area contributed by atoms with E-state index in [4.69, 9.17) is 28.6 Å². The fourth-order valence-corrected chi connectivity index (χ4v) is 5.73. The van der Waals surface area contributed by atoms with Gasteiger partial charge in [-0.05, 0) is 79.3 Å². The van der Waals surface area contributed by atoms with Crippen LogP contribution in [0.25, 0.3) is 5.69 Å². The molecule has 0 saturated carbocycles. The van der Waals surface area contributed by atoms with Crippen LogP contribution in [0.1, 0.15) is 29.0 Å². The normalized spacial score (nSPS) is 17.4. The zero-order valence-corrected chi connectivity index (χ0v) is 23.3. The Hall–Kier alpha value is -3.60. The Morgan fingerprint density at radius 3 is 2.55 bits per heavy atom. The van der Waals surface area contributed by atoms with Gasteiger partial charge in [0.1, 0.15) is 11.8 Å². The zero-order chi connectivity index (χ0) is 27.0. The van der Waals surface area contributed by atoms with E-state index in [-0.39, 0.29) is 12.1 Å². The van der Waals surface area contributed by atoms with Crippen LogP contribution in [-0.2, 0) is 10.0 Å². The van der Waals surface area contributed by atoms with E-state index in [1.54, 1.807) is 18.3 Å². The minimum atomic E-state index is -3.49. The molecule has 11 heteroatoms. The predicted molar refractivity (Wildman–Crippen MR) is 155 cm³/mol. The SMILES string of the molecule is COc1cc(N2C(=S)NC(c3ccccn3)C2c2cccn2-c2ccc(Cl)c(C)c2)ccc1NS(C)(=O)=O. The van der Waals surface area contributed by atoms with Gasteiger partial charge in [0.2, 0.25) is 10.0 Å². The van der Waals surface area contributed by atoms with E-state index in [0.29, 0.717) is 21.6 Å². The molecule has 2 N–H and O–H groups in total. The summed E-state index contributed by atoms with van der Waals surface area (Å²) in [5.74, 6) is 0.375. The summed E-state index contributed by atoms with van der Waals surface area (Å²) in [6.45, 7) is 1.97. The maximum absolute atomic E-state index is 11.9. The molecule has 1 saturated heterocycles. The number of benzene rings is 2. The van der Waals surface area contributed by atoms with Crippen LogP contribution in [0, 0.1) is 6.92 Å². The summed E-state index contributed by atoms with van der Waals surface area (Å²) in [6, 6.07) is 20.5. The number of nitrogens with one attached hydrogen (secondary N) is 2. The van der Waals surface area contributed by atoms with Gasteiger partial charge < -0.3 is 19.5 Å². The van der Waals surface area contributed by atoms with Crippen molar-refractivity contribution in [3.8, 4) is 11.4 Å². The van der Waals surface area contributed by atoms with Crippen LogP contribution in [0.4, 0.5) is 11.4 Å². The number of hydrogen-bond acceptors (Lipinski definition) is 5. The van der Waals surface area contributed by atoms with Crippen LogP contribution in [0.5, 0.6) is 5.75 Å². The quantitative estimate of drug-likeness (QED) is 0.289. The lowest BCUT2D eigenvalue weighted by Crippen LogP contribution is -2.30. The molecule has 0 amide bonds. The van der Waals surface area contributed by atoms with Gasteiger partial charge in [-0.1, -0.05) is 17.7 Å². The molecule has 196 valence electrons. The van der Waals surface area contributed by atoms with Crippen LogP contribution < -0.4 is 19.7 Å². The Morgan fingerprint density at radius 1 is 1.08 bits per heavy atom. The fraction of sp³-hybridized carbons (Fsp3) is 0.185. The Bertz CT molecular complexity index is 1610. The zero-order valence-electron chi connectivity index (χ0n) is 20.9. The molecule has 2 aromatic heterocycles. The highest BCUT2D eigenvalue weighted by atomic mass is 35.5. The van der Waals surface area contributed by atoms with Gasteiger partial charge in [0.05, 0.1) is 30.8 Å². The van der Waals surface area contributed by atoms with Crippen molar-refractivity contribution in [1.82, 2.24) is 14.9 Å². The molecule has 2 aromatic carbocycles. The van der Waals surface area contributed by atoms with Crippen LogP contribution in [0.2, 0.25) is 5.02 Å². The fourth-order valence-electron chi connectivity index (χ4n) is 4.70. The molecular weight excluding hydrogens is 542 g/mol. The number of nitrogens with zero attached hydrogens (tertiary/aromatic N) is 3. The van der Waals surface area contributed by atoms with Crippen LogP contribution in [0.3, 0.4) is 0 Å². The summed E-state index contributed by atoms with van der Waals surface area (Å²) in [7, 11) is -1.99. The third kappa shape index (κ3) is 5.07. The van der Waals surface area contributed by atoms with E-state index in [9.17, 15) is 8.42 Å². The van der Waals surface area contributed by atoms with E-state index in [1.165, 1.54) is 7.11 Å². The first-order chi connectivity index (χ1) is 18.2. The Morgan fingerprint density at radius 2 is 1.87 bits per heavy atom. The molecule has 2 atom stereocenters. The van der Waals surface area contributed by atoms with Gasteiger partial charge in [-0.15, -0.1) is 0 Å². The molecule has 0 aliphatic carbocycles. The summed E-state index contributed by atoms with van der Waals surface area (Å²) >= 11 is 12.2. The average molecular weight is 568 g/mol. The second-order valence-electron chi connectivity index (χ2n) is 8.99. The number of aromatic nitrogens is 2. The highest BCUT2D eigenvalue weighted by Crippen LogP contribution is 2.44. The van der Waals surface area contributed by atoms with Gasteiger partial charge in [0.25, 0.3) is 0 Å². The smallest absolute Gasteiger partial charge is 0.229 e. The van der Waals surface area contributed by atoms with E-state index in [1.807, 2.05) is 66.6 Å². The van der Waals surface area contributed by atoms with Crippen molar-refractivity contribution in [2.75, 3.05) is 23.0 Å². The Kier molecular flexibility index (Phi) is 7.04. The van der Waals surface area contributed by atoms with Gasteiger partial charge in [0.15, 0.2) is 5.11 Å².